The molecule has 1 N–H and O–H groups in total. The van der Waals surface area contributed by atoms with E-state index in [9.17, 15) is 14.4 Å². The van der Waals surface area contributed by atoms with E-state index in [0.29, 0.717) is 30.4 Å². The zero-order chi connectivity index (χ0) is 17.8. The van der Waals surface area contributed by atoms with Crippen LogP contribution in [0.15, 0.2) is 30.4 Å². The topological polar surface area (TPSA) is 84.9 Å². The number of nitrogens with zero attached hydrogens (tertiary/aromatic N) is 1. The number of likely N-dealkylation sites (tertiary alicyclic amines) is 1. The van der Waals surface area contributed by atoms with Crippen molar-refractivity contribution in [3.05, 3.63) is 30.4 Å². The van der Waals surface area contributed by atoms with Gasteiger partial charge in [0, 0.05) is 11.8 Å². The molecule has 7 nitrogen and oxygen atoms in total. The lowest BCUT2D eigenvalue weighted by Gasteiger charge is -2.20. The molecule has 3 amide bonds. The predicted octanol–water partition coefficient (Wildman–Crippen LogP) is 1.20. The van der Waals surface area contributed by atoms with Crippen LogP contribution in [0.25, 0.3) is 0 Å². The number of imide groups is 1. The van der Waals surface area contributed by atoms with Gasteiger partial charge < -0.3 is 14.8 Å². The fourth-order valence-corrected chi connectivity index (χ4v) is 4.59. The van der Waals surface area contributed by atoms with Crippen molar-refractivity contribution < 1.29 is 23.9 Å². The fraction of sp³-hybridized carbons (Fsp3) is 0.421. The number of ether oxygens (including phenoxy) is 2. The van der Waals surface area contributed by atoms with E-state index < -0.39 is 5.91 Å². The van der Waals surface area contributed by atoms with Gasteiger partial charge in [0.2, 0.25) is 17.7 Å². The van der Waals surface area contributed by atoms with Crippen LogP contribution in [0.3, 0.4) is 0 Å². The van der Waals surface area contributed by atoms with Gasteiger partial charge in [-0.15, -0.1) is 0 Å². The monoisotopic (exact) mass is 354 g/mol. The van der Waals surface area contributed by atoms with Crippen LogP contribution in [0.5, 0.6) is 11.5 Å². The number of anilines is 1. The van der Waals surface area contributed by atoms with Crippen molar-refractivity contribution in [2.24, 2.45) is 23.7 Å². The number of amides is 3. The summed E-state index contributed by atoms with van der Waals surface area (Å²) in [7, 11) is 0. The summed E-state index contributed by atoms with van der Waals surface area (Å²) in [5, 5.41) is 2.73. The standard InChI is InChI=1S/C19H18N2O5/c22-15(20-12-3-4-13-14(8-12)26-6-5-25-13)9-21-18(23)16-10-1-2-11(7-10)17(16)19(21)24/h1-4,8,10-11,16-17H,5-7,9H2,(H,20,22)/t10-,11+,16?,17?. The SMILES string of the molecule is O=C(CN1C(=O)C2C(C1=O)[C@H]1C=C[C@@H]2C1)Nc1ccc2c(c1)OCCO2. The highest BCUT2D eigenvalue weighted by Gasteiger charge is 2.59. The smallest absolute Gasteiger partial charge is 0.244 e. The van der Waals surface area contributed by atoms with Crippen molar-refractivity contribution in [1.82, 2.24) is 4.90 Å². The lowest BCUT2D eigenvalue weighted by molar-refractivity contribution is -0.143. The molecular weight excluding hydrogens is 336 g/mol. The van der Waals surface area contributed by atoms with E-state index >= 15 is 0 Å². The van der Waals surface area contributed by atoms with Gasteiger partial charge in [0.1, 0.15) is 19.8 Å². The maximum Gasteiger partial charge on any atom is 0.244 e. The van der Waals surface area contributed by atoms with Gasteiger partial charge in [0.15, 0.2) is 11.5 Å². The molecular formula is C19H18N2O5. The molecule has 2 heterocycles. The van der Waals surface area contributed by atoms with Gasteiger partial charge in [-0.2, -0.15) is 0 Å². The summed E-state index contributed by atoms with van der Waals surface area (Å²) < 4.78 is 10.9. The quantitative estimate of drug-likeness (QED) is 0.651. The Bertz CT molecular complexity index is 818. The molecule has 2 aliphatic heterocycles. The van der Waals surface area contributed by atoms with Gasteiger partial charge in [-0.1, -0.05) is 12.2 Å². The molecule has 2 fully saturated rings. The second-order valence-electron chi connectivity index (χ2n) is 7.17. The van der Waals surface area contributed by atoms with Crippen LogP contribution >= 0.6 is 0 Å². The van der Waals surface area contributed by atoms with Crippen molar-refractivity contribution in [1.29, 1.82) is 0 Å². The molecule has 5 rings (SSSR count). The Morgan fingerprint density at radius 3 is 2.38 bits per heavy atom. The van der Waals surface area contributed by atoms with Crippen molar-refractivity contribution in [3.8, 4) is 11.5 Å². The Kier molecular flexibility index (Phi) is 3.32. The highest BCUT2D eigenvalue weighted by molar-refractivity contribution is 6.09. The zero-order valence-corrected chi connectivity index (χ0v) is 14.0. The van der Waals surface area contributed by atoms with Crippen LogP contribution < -0.4 is 14.8 Å². The number of allylic oxidation sites excluding steroid dienone is 2. The number of hydrogen-bond acceptors (Lipinski definition) is 5. The Morgan fingerprint density at radius 2 is 1.69 bits per heavy atom. The highest BCUT2D eigenvalue weighted by atomic mass is 16.6. The molecule has 7 heteroatoms. The van der Waals surface area contributed by atoms with Gasteiger partial charge >= 0.3 is 0 Å². The summed E-state index contributed by atoms with van der Waals surface area (Å²) in [5.41, 5.74) is 0.542. The first kappa shape index (κ1) is 15.4. The van der Waals surface area contributed by atoms with E-state index in [4.69, 9.17) is 9.47 Å². The molecule has 1 aromatic carbocycles. The molecule has 4 aliphatic rings. The average Bonchev–Trinajstić information content (AvgIpc) is 3.32. The minimum absolute atomic E-state index is 0.146. The third-order valence-corrected chi connectivity index (χ3v) is 5.69. The molecule has 1 saturated heterocycles. The first-order chi connectivity index (χ1) is 12.6. The zero-order valence-electron chi connectivity index (χ0n) is 14.0. The summed E-state index contributed by atoms with van der Waals surface area (Å²) in [4.78, 5) is 38.7. The number of rotatable bonds is 3. The molecule has 26 heavy (non-hydrogen) atoms. The van der Waals surface area contributed by atoms with Crippen LogP contribution in [0.2, 0.25) is 0 Å². The van der Waals surface area contributed by atoms with Gasteiger partial charge in [-0.3, -0.25) is 19.3 Å². The Balaban J connectivity index is 1.28. The molecule has 0 radical (unpaired) electrons. The average molecular weight is 354 g/mol. The summed E-state index contributed by atoms with van der Waals surface area (Å²) in [6.07, 6.45) is 4.95. The minimum Gasteiger partial charge on any atom is -0.486 e. The maximum absolute atomic E-state index is 12.6. The molecule has 2 aliphatic carbocycles. The summed E-state index contributed by atoms with van der Waals surface area (Å²) in [6.45, 7) is 0.704. The van der Waals surface area contributed by atoms with Crippen LogP contribution in [0.1, 0.15) is 6.42 Å². The lowest BCUT2D eigenvalue weighted by atomic mass is 9.85. The largest absolute Gasteiger partial charge is 0.486 e. The molecule has 1 saturated carbocycles. The molecule has 0 spiro atoms. The van der Waals surface area contributed by atoms with Gasteiger partial charge in [0.25, 0.3) is 0 Å². The number of carbonyl (C=O) groups is 3. The van der Waals surface area contributed by atoms with Crippen LogP contribution in [-0.4, -0.2) is 42.4 Å². The number of nitrogens with one attached hydrogen (secondary N) is 1. The normalized spacial score (nSPS) is 30.7. The molecule has 2 unspecified atom stereocenters. The first-order valence-corrected chi connectivity index (χ1v) is 8.85. The molecule has 1 aromatic rings. The predicted molar refractivity (Wildman–Crippen MR) is 90.5 cm³/mol. The summed E-state index contributed by atoms with van der Waals surface area (Å²) in [6, 6.07) is 5.11. The van der Waals surface area contributed by atoms with E-state index in [0.717, 1.165) is 11.3 Å². The Hall–Kier alpha value is -2.83. The van der Waals surface area contributed by atoms with E-state index in [2.05, 4.69) is 5.32 Å². The van der Waals surface area contributed by atoms with Crippen LogP contribution in [0.4, 0.5) is 5.69 Å². The third-order valence-electron chi connectivity index (χ3n) is 5.69. The van der Waals surface area contributed by atoms with Crippen molar-refractivity contribution >= 4 is 23.4 Å². The second-order valence-corrected chi connectivity index (χ2v) is 7.17. The molecule has 2 bridgehead atoms. The number of hydrogen-bond donors (Lipinski definition) is 1. The maximum atomic E-state index is 12.6. The summed E-state index contributed by atoms with van der Waals surface area (Å²) >= 11 is 0. The fourth-order valence-electron chi connectivity index (χ4n) is 4.59. The number of fused-ring (bicyclic) bond motifs is 6. The second kappa shape index (κ2) is 5.59. The van der Waals surface area contributed by atoms with E-state index in [-0.39, 0.29) is 42.0 Å². The van der Waals surface area contributed by atoms with Crippen LogP contribution in [-0.2, 0) is 14.4 Å². The number of benzene rings is 1. The van der Waals surface area contributed by atoms with Crippen molar-refractivity contribution in [2.75, 3.05) is 25.1 Å². The van der Waals surface area contributed by atoms with E-state index in [1.807, 2.05) is 12.2 Å². The Morgan fingerprint density at radius 1 is 1.04 bits per heavy atom. The van der Waals surface area contributed by atoms with Crippen molar-refractivity contribution in [2.45, 2.75) is 6.42 Å². The Labute approximate surface area is 149 Å². The van der Waals surface area contributed by atoms with Gasteiger partial charge in [0.05, 0.1) is 11.8 Å². The lowest BCUT2D eigenvalue weighted by Crippen LogP contribution is -2.39. The molecule has 0 aromatic heterocycles. The van der Waals surface area contributed by atoms with E-state index in [1.54, 1.807) is 18.2 Å². The third kappa shape index (κ3) is 2.23. The molecule has 4 atom stereocenters. The highest BCUT2D eigenvalue weighted by Crippen LogP contribution is 2.52. The number of carbonyl (C=O) groups excluding carboxylic acids is 3. The van der Waals surface area contributed by atoms with Gasteiger partial charge in [-0.25, -0.2) is 0 Å². The van der Waals surface area contributed by atoms with E-state index in [1.165, 1.54) is 0 Å². The molecule has 134 valence electrons. The first-order valence-electron chi connectivity index (χ1n) is 8.85. The van der Waals surface area contributed by atoms with Crippen LogP contribution in [0, 0.1) is 23.7 Å². The minimum atomic E-state index is -0.399. The summed E-state index contributed by atoms with van der Waals surface area (Å²) in [5.74, 6) is 0.111. The van der Waals surface area contributed by atoms with Crippen molar-refractivity contribution in [3.63, 3.8) is 0 Å². The van der Waals surface area contributed by atoms with Gasteiger partial charge in [-0.05, 0) is 30.4 Å².